The number of nitrogens with zero attached hydrogens (tertiary/aromatic N) is 3. The molecule has 2 heterocycles. The summed E-state index contributed by atoms with van der Waals surface area (Å²) in [5.74, 6) is 0.777. The van der Waals surface area contributed by atoms with Crippen molar-refractivity contribution in [1.82, 2.24) is 25.0 Å². The van der Waals surface area contributed by atoms with Gasteiger partial charge in [0, 0.05) is 43.7 Å². The van der Waals surface area contributed by atoms with E-state index >= 15 is 0 Å². The van der Waals surface area contributed by atoms with E-state index in [4.69, 9.17) is 17.0 Å². The first-order valence-electron chi connectivity index (χ1n) is 9.78. The summed E-state index contributed by atoms with van der Waals surface area (Å²) in [4.78, 5) is 14.8. The summed E-state index contributed by atoms with van der Waals surface area (Å²) in [7, 11) is 0. The largest absolute Gasteiger partial charge is 0.379 e. The van der Waals surface area contributed by atoms with Crippen molar-refractivity contribution >= 4 is 18.1 Å². The van der Waals surface area contributed by atoms with Gasteiger partial charge in [0.05, 0.1) is 13.2 Å². The minimum atomic E-state index is 0.0192. The van der Waals surface area contributed by atoms with Crippen LogP contribution in [-0.2, 0) is 16.1 Å². The van der Waals surface area contributed by atoms with E-state index in [1.165, 1.54) is 5.56 Å². The van der Waals surface area contributed by atoms with Crippen molar-refractivity contribution in [3.63, 3.8) is 0 Å². The second kappa shape index (κ2) is 9.45. The Kier molecular flexibility index (Phi) is 6.98. The monoisotopic (exact) mass is 403 g/mol. The second-order valence-electron chi connectivity index (χ2n) is 7.43. The summed E-state index contributed by atoms with van der Waals surface area (Å²) >= 11 is 5.35. The van der Waals surface area contributed by atoms with Crippen LogP contribution in [0.25, 0.3) is 11.4 Å². The van der Waals surface area contributed by atoms with E-state index < -0.39 is 0 Å². The van der Waals surface area contributed by atoms with Crippen LogP contribution >= 0.6 is 12.2 Å². The number of ether oxygens (including phenoxy) is 1. The van der Waals surface area contributed by atoms with Crippen LogP contribution in [0.2, 0.25) is 0 Å². The van der Waals surface area contributed by atoms with Crippen molar-refractivity contribution < 1.29 is 9.53 Å². The normalized spacial score (nSPS) is 18.8. The second-order valence-corrected chi connectivity index (χ2v) is 7.82. The van der Waals surface area contributed by atoms with Crippen LogP contribution in [0.3, 0.4) is 0 Å². The molecule has 0 aliphatic carbocycles. The molecule has 3 rings (SSSR count). The molecule has 1 aromatic heterocycles. The molecular weight excluding hydrogens is 374 g/mol. The molecule has 1 aliphatic rings. The summed E-state index contributed by atoms with van der Waals surface area (Å²) in [6.07, 6.45) is 0.359. The third-order valence-corrected chi connectivity index (χ3v) is 5.52. The maximum absolute atomic E-state index is 12.4. The quantitative estimate of drug-likeness (QED) is 0.695. The number of aromatic nitrogens is 3. The molecule has 28 heavy (non-hydrogen) atoms. The molecule has 1 aromatic carbocycles. The first-order chi connectivity index (χ1) is 13.5. The highest BCUT2D eigenvalue weighted by Gasteiger charge is 2.23. The van der Waals surface area contributed by atoms with Crippen molar-refractivity contribution in [2.75, 3.05) is 26.3 Å². The number of nitrogens with one attached hydrogen (secondary N) is 2. The van der Waals surface area contributed by atoms with Crippen molar-refractivity contribution in [3.8, 4) is 11.4 Å². The highest BCUT2D eigenvalue weighted by molar-refractivity contribution is 7.71. The summed E-state index contributed by atoms with van der Waals surface area (Å²) in [5.41, 5.74) is 2.17. The number of hydrogen-bond donors (Lipinski definition) is 2. The van der Waals surface area contributed by atoms with Crippen LogP contribution in [-0.4, -0.2) is 64.0 Å². The third kappa shape index (κ3) is 5.06. The molecule has 0 bridgehead atoms. The summed E-state index contributed by atoms with van der Waals surface area (Å²) in [6.45, 7) is 9.88. The van der Waals surface area contributed by atoms with Gasteiger partial charge in [0.15, 0.2) is 10.6 Å². The number of carbonyl (C=O) groups is 1. The van der Waals surface area contributed by atoms with Crippen LogP contribution in [0.15, 0.2) is 24.3 Å². The highest BCUT2D eigenvalue weighted by Crippen LogP contribution is 2.18. The van der Waals surface area contributed by atoms with Crippen LogP contribution in [0, 0.1) is 11.7 Å². The van der Waals surface area contributed by atoms with Gasteiger partial charge in [-0.1, -0.05) is 29.8 Å². The smallest absolute Gasteiger partial charge is 0.221 e. The molecule has 1 fully saturated rings. The average Bonchev–Trinajstić information content (AvgIpc) is 3.06. The van der Waals surface area contributed by atoms with Crippen LogP contribution in [0.1, 0.15) is 25.8 Å². The molecule has 8 heteroatoms. The number of carbonyl (C=O) groups excluding carboxylic acids is 1. The fourth-order valence-electron chi connectivity index (χ4n) is 3.52. The van der Waals surface area contributed by atoms with Crippen molar-refractivity contribution in [2.45, 2.75) is 45.8 Å². The Balaban J connectivity index is 1.54. The van der Waals surface area contributed by atoms with Crippen LogP contribution < -0.4 is 5.32 Å². The first-order valence-corrected chi connectivity index (χ1v) is 10.2. The Hall–Kier alpha value is -2.03. The Morgan fingerprint density at radius 2 is 2.18 bits per heavy atom. The predicted molar refractivity (Wildman–Crippen MR) is 112 cm³/mol. The molecule has 1 saturated heterocycles. The highest BCUT2D eigenvalue weighted by atomic mass is 32.1. The maximum Gasteiger partial charge on any atom is 0.221 e. The molecule has 1 aliphatic heterocycles. The number of benzene rings is 1. The Morgan fingerprint density at radius 3 is 2.89 bits per heavy atom. The van der Waals surface area contributed by atoms with E-state index in [1.54, 1.807) is 0 Å². The van der Waals surface area contributed by atoms with Gasteiger partial charge in [-0.25, -0.2) is 0 Å². The third-order valence-electron chi connectivity index (χ3n) is 5.21. The Bertz CT molecular complexity index is 845. The number of aromatic amines is 1. The lowest BCUT2D eigenvalue weighted by molar-refractivity contribution is -0.121. The van der Waals surface area contributed by atoms with Crippen LogP contribution in [0.4, 0.5) is 0 Å². The van der Waals surface area contributed by atoms with E-state index in [0.717, 1.165) is 31.1 Å². The zero-order valence-corrected chi connectivity index (χ0v) is 17.6. The van der Waals surface area contributed by atoms with Crippen molar-refractivity contribution in [1.29, 1.82) is 0 Å². The molecule has 2 atom stereocenters. The molecule has 0 saturated carbocycles. The molecular formula is C20H29N5O2S. The van der Waals surface area contributed by atoms with Crippen molar-refractivity contribution in [2.24, 2.45) is 0 Å². The van der Waals surface area contributed by atoms with Gasteiger partial charge in [-0.15, -0.1) is 0 Å². The fourth-order valence-corrected chi connectivity index (χ4v) is 3.75. The van der Waals surface area contributed by atoms with E-state index in [1.807, 2.05) is 35.8 Å². The number of rotatable bonds is 7. The number of H-pyrrole nitrogens is 1. The van der Waals surface area contributed by atoms with Gasteiger partial charge >= 0.3 is 0 Å². The molecule has 0 radical (unpaired) electrons. The van der Waals surface area contributed by atoms with Gasteiger partial charge in [-0.3, -0.25) is 19.4 Å². The summed E-state index contributed by atoms with van der Waals surface area (Å²) in [6, 6.07) is 8.77. The molecule has 152 valence electrons. The minimum absolute atomic E-state index is 0.0192. The fraction of sp³-hybridized carbons (Fsp3) is 0.550. The Morgan fingerprint density at radius 1 is 1.43 bits per heavy atom. The topological polar surface area (TPSA) is 75.2 Å². The van der Waals surface area contributed by atoms with Gasteiger partial charge in [0.1, 0.15) is 0 Å². The molecule has 7 nitrogen and oxygen atoms in total. The van der Waals surface area contributed by atoms with Gasteiger partial charge in [-0.05, 0) is 33.0 Å². The van der Waals surface area contributed by atoms with Crippen molar-refractivity contribution in [3.05, 3.63) is 34.6 Å². The van der Waals surface area contributed by atoms with Crippen LogP contribution in [0.5, 0.6) is 0 Å². The molecule has 1 amide bonds. The Labute approximate surface area is 171 Å². The lowest BCUT2D eigenvalue weighted by Gasteiger charge is -2.37. The van der Waals surface area contributed by atoms with E-state index in [9.17, 15) is 4.79 Å². The maximum atomic E-state index is 12.4. The number of amides is 1. The molecule has 2 N–H and O–H groups in total. The zero-order valence-electron chi connectivity index (χ0n) is 16.8. The predicted octanol–water partition coefficient (Wildman–Crippen LogP) is 2.53. The first kappa shape index (κ1) is 20.7. The number of morpholine rings is 1. The minimum Gasteiger partial charge on any atom is -0.379 e. The summed E-state index contributed by atoms with van der Waals surface area (Å²) < 4.78 is 7.89. The van der Waals surface area contributed by atoms with E-state index in [2.05, 4.69) is 34.3 Å². The lowest BCUT2D eigenvalue weighted by atomic mass is 10.1. The van der Waals surface area contributed by atoms with E-state index in [0.29, 0.717) is 30.3 Å². The van der Waals surface area contributed by atoms with E-state index in [-0.39, 0.29) is 11.9 Å². The number of hydrogen-bond acceptors (Lipinski definition) is 5. The average molecular weight is 404 g/mol. The summed E-state index contributed by atoms with van der Waals surface area (Å²) in [5, 5.41) is 10.2. The number of aryl methyl sites for hydroxylation is 1. The zero-order chi connectivity index (χ0) is 20.1. The van der Waals surface area contributed by atoms with Gasteiger partial charge in [-0.2, -0.15) is 5.10 Å². The molecule has 2 aromatic rings. The van der Waals surface area contributed by atoms with Gasteiger partial charge in [0.25, 0.3) is 0 Å². The standard InChI is InChI=1S/C20H29N5O2S/c1-14-4-6-17(7-5-14)19-22-23-20(28)25(19)9-8-18(26)21-12-15(2)24-10-11-27-13-16(24)3/h4-7,15-16H,8-13H2,1-3H3,(H,21,26)(H,23,28). The molecule has 0 spiro atoms. The lowest BCUT2D eigenvalue weighted by Crippen LogP contribution is -2.51. The molecule has 2 unspecified atom stereocenters. The van der Waals surface area contributed by atoms with Gasteiger partial charge < -0.3 is 10.1 Å². The van der Waals surface area contributed by atoms with Gasteiger partial charge in [0.2, 0.25) is 5.91 Å². The SMILES string of the molecule is Cc1ccc(-c2n[nH]c(=S)n2CCC(=O)NCC(C)N2CCOCC2C)cc1.